The molecule has 0 aromatic heterocycles. The quantitative estimate of drug-likeness (QED) is 0.348. The van der Waals surface area contributed by atoms with Crippen LogP contribution < -0.4 is 9.47 Å². The number of benzene rings is 3. The van der Waals surface area contributed by atoms with Gasteiger partial charge in [0.2, 0.25) is 0 Å². The van der Waals surface area contributed by atoms with Crippen molar-refractivity contribution in [3.63, 3.8) is 0 Å². The summed E-state index contributed by atoms with van der Waals surface area (Å²) in [7, 11) is 0. The van der Waals surface area contributed by atoms with E-state index in [4.69, 9.17) is 19.4 Å². The van der Waals surface area contributed by atoms with Gasteiger partial charge in [-0.1, -0.05) is 59.8 Å². The molecule has 0 radical (unpaired) electrons. The van der Waals surface area contributed by atoms with E-state index in [1.165, 1.54) is 0 Å². The average Bonchev–Trinajstić information content (AvgIpc) is 2.78. The van der Waals surface area contributed by atoms with Gasteiger partial charge >= 0.3 is 5.97 Å². The van der Waals surface area contributed by atoms with Crippen LogP contribution in [0, 0.1) is 0 Å². The minimum atomic E-state index is -0.894. The second-order valence-electron chi connectivity index (χ2n) is 6.78. The maximum Gasteiger partial charge on any atom is 0.307 e. The lowest BCUT2D eigenvalue weighted by molar-refractivity contribution is -0.136. The maximum absolute atomic E-state index is 11.0. The van der Waals surface area contributed by atoms with Crippen LogP contribution >= 0.6 is 0 Å². The molecule has 0 spiro atoms. The molecule has 1 atom stereocenters. The van der Waals surface area contributed by atoms with Crippen molar-refractivity contribution in [1.82, 2.24) is 0 Å². The van der Waals surface area contributed by atoms with Crippen LogP contribution in [0.25, 0.3) is 0 Å². The number of rotatable bonds is 11. The van der Waals surface area contributed by atoms with Gasteiger partial charge < -0.3 is 19.4 Å². The maximum atomic E-state index is 11.0. The van der Waals surface area contributed by atoms with E-state index in [-0.39, 0.29) is 6.42 Å². The first kappa shape index (κ1) is 21.9. The van der Waals surface area contributed by atoms with Crippen molar-refractivity contribution in [3.8, 4) is 11.5 Å². The molecule has 0 saturated heterocycles. The van der Waals surface area contributed by atoms with Crippen LogP contribution in [0.4, 0.5) is 0 Å². The van der Waals surface area contributed by atoms with Crippen molar-refractivity contribution in [2.24, 2.45) is 5.16 Å². The molecule has 1 unspecified atom stereocenters. The highest BCUT2D eigenvalue weighted by molar-refractivity contribution is 5.70. The predicted molar refractivity (Wildman–Crippen MR) is 118 cm³/mol. The van der Waals surface area contributed by atoms with Crippen LogP contribution in [-0.2, 0) is 22.7 Å². The number of nitrogens with zero attached hydrogens (tertiary/aromatic N) is 1. The van der Waals surface area contributed by atoms with Crippen LogP contribution in [0.1, 0.15) is 29.7 Å². The van der Waals surface area contributed by atoms with Gasteiger partial charge in [-0.05, 0) is 42.3 Å². The lowest BCUT2D eigenvalue weighted by Crippen LogP contribution is -2.10. The molecule has 0 heterocycles. The summed E-state index contributed by atoms with van der Waals surface area (Å²) < 4.78 is 12.0. The van der Waals surface area contributed by atoms with Crippen LogP contribution in [0.2, 0.25) is 0 Å². The second kappa shape index (κ2) is 11.4. The zero-order valence-electron chi connectivity index (χ0n) is 17.3. The van der Waals surface area contributed by atoms with Crippen molar-refractivity contribution in [1.29, 1.82) is 0 Å². The molecule has 31 heavy (non-hydrogen) atoms. The zero-order chi connectivity index (χ0) is 21.9. The fourth-order valence-electron chi connectivity index (χ4n) is 2.93. The number of hydrogen-bond acceptors (Lipinski definition) is 5. The first-order valence-corrected chi connectivity index (χ1v) is 10.0. The third-order valence-electron chi connectivity index (χ3n) is 4.35. The van der Waals surface area contributed by atoms with Gasteiger partial charge in [0, 0.05) is 5.56 Å². The molecule has 6 heteroatoms. The van der Waals surface area contributed by atoms with Gasteiger partial charge in [-0.2, -0.15) is 0 Å². The van der Waals surface area contributed by atoms with E-state index in [1.54, 1.807) is 30.5 Å². The van der Waals surface area contributed by atoms with Crippen molar-refractivity contribution in [2.75, 3.05) is 6.61 Å². The third-order valence-corrected chi connectivity index (χ3v) is 4.35. The highest BCUT2D eigenvalue weighted by Crippen LogP contribution is 2.25. The molecule has 0 amide bonds. The molecule has 0 fully saturated rings. The summed E-state index contributed by atoms with van der Waals surface area (Å²) in [5.41, 5.74) is 2.57. The summed E-state index contributed by atoms with van der Waals surface area (Å²) in [6.45, 7) is 2.75. The lowest BCUT2D eigenvalue weighted by atomic mass is 10.1. The Bertz CT molecular complexity index is 1000. The number of carboxylic acids is 1. The lowest BCUT2D eigenvalue weighted by Gasteiger charge is -2.17. The first-order valence-electron chi connectivity index (χ1n) is 10.0. The fourth-order valence-corrected chi connectivity index (χ4v) is 2.93. The molecule has 0 aliphatic heterocycles. The highest BCUT2D eigenvalue weighted by atomic mass is 16.6. The Morgan fingerprint density at radius 2 is 1.71 bits per heavy atom. The highest BCUT2D eigenvalue weighted by Gasteiger charge is 2.14. The van der Waals surface area contributed by atoms with E-state index in [1.807, 2.05) is 61.5 Å². The van der Waals surface area contributed by atoms with Gasteiger partial charge in [0.05, 0.1) is 12.6 Å². The summed E-state index contributed by atoms with van der Waals surface area (Å²) in [5, 5.41) is 13.0. The summed E-state index contributed by atoms with van der Waals surface area (Å²) >= 11 is 0. The Labute approximate surface area is 181 Å². The molecule has 6 nitrogen and oxygen atoms in total. The number of carbonyl (C=O) groups is 1. The zero-order valence-corrected chi connectivity index (χ0v) is 17.3. The van der Waals surface area contributed by atoms with Crippen molar-refractivity contribution in [2.45, 2.75) is 26.1 Å². The second-order valence-corrected chi connectivity index (χ2v) is 6.78. The summed E-state index contributed by atoms with van der Waals surface area (Å²) in [6, 6.07) is 24.5. The predicted octanol–water partition coefficient (Wildman–Crippen LogP) is 5.04. The third kappa shape index (κ3) is 7.19. The Morgan fingerprint density at radius 3 is 2.48 bits per heavy atom. The van der Waals surface area contributed by atoms with E-state index in [0.29, 0.717) is 30.3 Å². The Kier molecular flexibility index (Phi) is 8.05. The van der Waals surface area contributed by atoms with E-state index in [9.17, 15) is 4.79 Å². The Balaban J connectivity index is 1.77. The van der Waals surface area contributed by atoms with Gasteiger partial charge in [-0.15, -0.1) is 0 Å². The van der Waals surface area contributed by atoms with Gasteiger partial charge in [-0.3, -0.25) is 4.79 Å². The Morgan fingerprint density at radius 1 is 0.968 bits per heavy atom. The van der Waals surface area contributed by atoms with Crippen molar-refractivity contribution in [3.05, 3.63) is 95.6 Å². The number of ether oxygens (including phenoxy) is 2. The standard InChI is InChI=1S/C25H25NO5/c1-2-30-26-17-24(31-23-13-6-10-20(14-23)15-25(27)28)21-11-7-12-22(16-21)29-18-19-8-4-3-5-9-19/h3-14,16-17,24H,2,15,18H2,1H3,(H,27,28). The van der Waals surface area contributed by atoms with E-state index >= 15 is 0 Å². The van der Waals surface area contributed by atoms with Gasteiger partial charge in [0.15, 0.2) is 6.10 Å². The monoisotopic (exact) mass is 419 g/mol. The molecule has 3 aromatic rings. The number of hydrogen-bond donors (Lipinski definition) is 1. The smallest absolute Gasteiger partial charge is 0.307 e. The van der Waals surface area contributed by atoms with E-state index in [2.05, 4.69) is 5.16 Å². The molecule has 0 saturated carbocycles. The largest absolute Gasteiger partial charge is 0.489 e. The van der Waals surface area contributed by atoms with Crippen molar-refractivity contribution < 1.29 is 24.2 Å². The van der Waals surface area contributed by atoms with Crippen LogP contribution in [0.3, 0.4) is 0 Å². The topological polar surface area (TPSA) is 77.4 Å². The fraction of sp³-hybridized carbons (Fsp3) is 0.200. The van der Waals surface area contributed by atoms with Gasteiger partial charge in [-0.25, -0.2) is 0 Å². The molecule has 1 N–H and O–H groups in total. The molecule has 160 valence electrons. The summed E-state index contributed by atoms with van der Waals surface area (Å²) in [6.07, 6.45) is 0.966. The minimum absolute atomic E-state index is 0.0717. The number of aliphatic carboxylic acids is 1. The van der Waals surface area contributed by atoms with E-state index in [0.717, 1.165) is 11.1 Å². The molecular weight excluding hydrogens is 394 g/mol. The van der Waals surface area contributed by atoms with Crippen LogP contribution in [0.15, 0.2) is 84.0 Å². The molecule has 3 aromatic carbocycles. The number of carboxylic acid groups (broad SMARTS) is 1. The molecule has 0 aliphatic rings. The van der Waals surface area contributed by atoms with Gasteiger partial charge in [0.25, 0.3) is 0 Å². The van der Waals surface area contributed by atoms with Crippen LogP contribution in [-0.4, -0.2) is 23.9 Å². The summed E-state index contributed by atoms with van der Waals surface area (Å²) in [4.78, 5) is 16.1. The number of oxime groups is 1. The molecule has 3 rings (SSSR count). The average molecular weight is 419 g/mol. The van der Waals surface area contributed by atoms with Crippen LogP contribution in [0.5, 0.6) is 11.5 Å². The van der Waals surface area contributed by atoms with E-state index < -0.39 is 12.1 Å². The SMILES string of the molecule is CCON=CC(Oc1cccc(CC(=O)O)c1)c1cccc(OCc2ccccc2)c1. The Hall–Kier alpha value is -3.80. The summed E-state index contributed by atoms with van der Waals surface area (Å²) in [5.74, 6) is 0.358. The van der Waals surface area contributed by atoms with Crippen molar-refractivity contribution >= 4 is 12.2 Å². The molecule has 0 bridgehead atoms. The van der Waals surface area contributed by atoms with Gasteiger partial charge in [0.1, 0.15) is 24.7 Å². The normalized spacial score (nSPS) is 11.8. The molecular formula is C25H25NO5. The first-order chi connectivity index (χ1) is 15.1. The minimum Gasteiger partial charge on any atom is -0.489 e. The molecule has 0 aliphatic carbocycles.